The zero-order chi connectivity index (χ0) is 5.11. The molecule has 0 radical (unpaired) electrons. The molecule has 0 N–H and O–H groups in total. The standard InChI is InChI=1S/C5H9IO/c6-2-1-5-3-7-4-5/h5H,1-4H2. The minimum atomic E-state index is 0.900. The van der Waals surface area contributed by atoms with Gasteiger partial charge in [-0.1, -0.05) is 22.6 Å². The summed E-state index contributed by atoms with van der Waals surface area (Å²) < 4.78 is 6.27. The normalized spacial score (nSPS) is 21.9. The van der Waals surface area contributed by atoms with Gasteiger partial charge in [-0.25, -0.2) is 0 Å². The van der Waals surface area contributed by atoms with E-state index in [1.807, 2.05) is 0 Å². The van der Waals surface area contributed by atoms with Gasteiger partial charge in [0.1, 0.15) is 0 Å². The van der Waals surface area contributed by atoms with Crippen LogP contribution in [0.15, 0.2) is 0 Å². The summed E-state index contributed by atoms with van der Waals surface area (Å²) in [5.74, 6) is 0.900. The topological polar surface area (TPSA) is 9.23 Å². The molecule has 1 aliphatic heterocycles. The van der Waals surface area contributed by atoms with Gasteiger partial charge in [0.15, 0.2) is 0 Å². The van der Waals surface area contributed by atoms with Crippen LogP contribution in [0.1, 0.15) is 6.42 Å². The Morgan fingerprint density at radius 3 is 2.43 bits per heavy atom. The molecule has 1 saturated heterocycles. The SMILES string of the molecule is ICCC1COC1. The summed E-state index contributed by atoms with van der Waals surface area (Å²) in [5, 5.41) is 0. The fraction of sp³-hybridized carbons (Fsp3) is 1.00. The maximum absolute atomic E-state index is 4.98. The lowest BCUT2D eigenvalue weighted by Crippen LogP contribution is -2.27. The van der Waals surface area contributed by atoms with E-state index < -0.39 is 0 Å². The van der Waals surface area contributed by atoms with Crippen molar-refractivity contribution in [3.05, 3.63) is 0 Å². The Kier molecular flexibility index (Phi) is 2.38. The van der Waals surface area contributed by atoms with Gasteiger partial charge in [0.25, 0.3) is 0 Å². The largest absolute Gasteiger partial charge is 0.381 e. The highest BCUT2D eigenvalue weighted by Gasteiger charge is 2.16. The first-order chi connectivity index (χ1) is 3.43. The second-order valence-corrected chi connectivity index (χ2v) is 2.96. The average molecular weight is 212 g/mol. The summed E-state index contributed by atoms with van der Waals surface area (Å²) in [4.78, 5) is 0. The van der Waals surface area contributed by atoms with E-state index in [1.165, 1.54) is 10.8 Å². The number of alkyl halides is 1. The van der Waals surface area contributed by atoms with Crippen LogP contribution in [0.5, 0.6) is 0 Å². The predicted octanol–water partition coefficient (Wildman–Crippen LogP) is 1.46. The first kappa shape index (κ1) is 5.82. The highest BCUT2D eigenvalue weighted by Crippen LogP contribution is 2.14. The molecule has 0 spiro atoms. The van der Waals surface area contributed by atoms with Crippen LogP contribution < -0.4 is 0 Å². The van der Waals surface area contributed by atoms with Gasteiger partial charge in [-0.2, -0.15) is 0 Å². The molecule has 0 aromatic rings. The van der Waals surface area contributed by atoms with Crippen LogP contribution in [0.2, 0.25) is 0 Å². The molecule has 0 aromatic heterocycles. The van der Waals surface area contributed by atoms with Crippen molar-refractivity contribution in [3.8, 4) is 0 Å². The number of ether oxygens (including phenoxy) is 1. The van der Waals surface area contributed by atoms with Crippen molar-refractivity contribution in [2.24, 2.45) is 5.92 Å². The van der Waals surface area contributed by atoms with Gasteiger partial charge in [-0.3, -0.25) is 0 Å². The van der Waals surface area contributed by atoms with Crippen LogP contribution in [-0.2, 0) is 4.74 Å². The van der Waals surface area contributed by atoms with Crippen molar-refractivity contribution in [2.45, 2.75) is 6.42 Å². The third kappa shape index (κ3) is 1.57. The van der Waals surface area contributed by atoms with E-state index in [4.69, 9.17) is 4.74 Å². The third-order valence-corrected chi connectivity index (χ3v) is 1.85. The monoisotopic (exact) mass is 212 g/mol. The van der Waals surface area contributed by atoms with E-state index in [-0.39, 0.29) is 0 Å². The molecule has 1 heterocycles. The van der Waals surface area contributed by atoms with Crippen molar-refractivity contribution in [2.75, 3.05) is 17.6 Å². The molecule has 1 aliphatic rings. The molecule has 0 atom stereocenters. The average Bonchev–Trinajstić information content (AvgIpc) is 1.55. The molecule has 0 saturated carbocycles. The first-order valence-electron chi connectivity index (χ1n) is 2.57. The van der Waals surface area contributed by atoms with Crippen molar-refractivity contribution < 1.29 is 4.74 Å². The van der Waals surface area contributed by atoms with Gasteiger partial charge >= 0.3 is 0 Å². The Bertz CT molecular complexity index is 52.0. The lowest BCUT2D eigenvalue weighted by atomic mass is 10.1. The zero-order valence-electron chi connectivity index (χ0n) is 4.19. The Morgan fingerprint density at radius 1 is 1.57 bits per heavy atom. The molecule has 7 heavy (non-hydrogen) atoms. The van der Waals surface area contributed by atoms with Gasteiger partial charge in [0.05, 0.1) is 13.2 Å². The predicted molar refractivity (Wildman–Crippen MR) is 37.8 cm³/mol. The van der Waals surface area contributed by atoms with E-state index in [9.17, 15) is 0 Å². The quantitative estimate of drug-likeness (QED) is 0.497. The second-order valence-electron chi connectivity index (χ2n) is 1.88. The van der Waals surface area contributed by atoms with Crippen molar-refractivity contribution in [3.63, 3.8) is 0 Å². The van der Waals surface area contributed by atoms with Crippen LogP contribution in [0, 0.1) is 5.92 Å². The van der Waals surface area contributed by atoms with E-state index in [0.29, 0.717) is 0 Å². The number of hydrogen-bond acceptors (Lipinski definition) is 1. The fourth-order valence-corrected chi connectivity index (χ4v) is 1.49. The molecular weight excluding hydrogens is 203 g/mol. The number of rotatable bonds is 2. The molecule has 42 valence electrons. The summed E-state index contributed by atoms with van der Waals surface area (Å²) in [7, 11) is 0. The molecular formula is C5H9IO. The Morgan fingerprint density at radius 2 is 2.29 bits per heavy atom. The van der Waals surface area contributed by atoms with Gasteiger partial charge < -0.3 is 4.74 Å². The molecule has 0 unspecified atom stereocenters. The molecule has 0 bridgehead atoms. The molecule has 1 rings (SSSR count). The number of halogens is 1. The van der Waals surface area contributed by atoms with Crippen molar-refractivity contribution >= 4 is 22.6 Å². The van der Waals surface area contributed by atoms with Gasteiger partial charge in [0.2, 0.25) is 0 Å². The highest BCUT2D eigenvalue weighted by molar-refractivity contribution is 14.1. The molecule has 0 amide bonds. The maximum atomic E-state index is 4.98. The van der Waals surface area contributed by atoms with Gasteiger partial charge in [0, 0.05) is 5.92 Å². The molecule has 0 aliphatic carbocycles. The van der Waals surface area contributed by atoms with Crippen LogP contribution in [0.4, 0.5) is 0 Å². The van der Waals surface area contributed by atoms with Crippen molar-refractivity contribution in [1.29, 1.82) is 0 Å². The highest BCUT2D eigenvalue weighted by atomic mass is 127. The molecule has 1 fully saturated rings. The first-order valence-corrected chi connectivity index (χ1v) is 4.09. The minimum absolute atomic E-state index is 0.900. The Hall–Kier alpha value is 0.690. The van der Waals surface area contributed by atoms with Crippen LogP contribution in [0.3, 0.4) is 0 Å². The molecule has 1 nitrogen and oxygen atoms in total. The lowest BCUT2D eigenvalue weighted by molar-refractivity contribution is -0.0322. The number of hydrogen-bond donors (Lipinski definition) is 0. The fourth-order valence-electron chi connectivity index (χ4n) is 0.605. The van der Waals surface area contributed by atoms with Crippen LogP contribution >= 0.6 is 22.6 Å². The second kappa shape index (κ2) is 2.87. The molecule has 0 aromatic carbocycles. The van der Waals surface area contributed by atoms with Crippen molar-refractivity contribution in [1.82, 2.24) is 0 Å². The summed E-state index contributed by atoms with van der Waals surface area (Å²) in [6.45, 7) is 2.03. The Balaban J connectivity index is 1.93. The van der Waals surface area contributed by atoms with Gasteiger partial charge in [-0.05, 0) is 10.8 Å². The third-order valence-electron chi connectivity index (χ3n) is 1.22. The van der Waals surface area contributed by atoms with Crippen LogP contribution in [0.25, 0.3) is 0 Å². The summed E-state index contributed by atoms with van der Waals surface area (Å²) in [6, 6.07) is 0. The lowest BCUT2D eigenvalue weighted by Gasteiger charge is -2.24. The smallest absolute Gasteiger partial charge is 0.0516 e. The zero-order valence-corrected chi connectivity index (χ0v) is 6.35. The Labute approximate surface area is 57.6 Å². The van der Waals surface area contributed by atoms with Gasteiger partial charge in [-0.15, -0.1) is 0 Å². The van der Waals surface area contributed by atoms with E-state index in [0.717, 1.165) is 19.1 Å². The van der Waals surface area contributed by atoms with Crippen LogP contribution in [-0.4, -0.2) is 17.6 Å². The summed E-state index contributed by atoms with van der Waals surface area (Å²) >= 11 is 2.40. The van der Waals surface area contributed by atoms with E-state index in [1.54, 1.807) is 0 Å². The summed E-state index contributed by atoms with van der Waals surface area (Å²) in [6.07, 6.45) is 1.35. The maximum Gasteiger partial charge on any atom is 0.0516 e. The van der Waals surface area contributed by atoms with E-state index in [2.05, 4.69) is 22.6 Å². The summed E-state index contributed by atoms with van der Waals surface area (Å²) in [5.41, 5.74) is 0. The molecule has 2 heteroatoms. The van der Waals surface area contributed by atoms with E-state index >= 15 is 0 Å². The minimum Gasteiger partial charge on any atom is -0.381 e.